The van der Waals surface area contributed by atoms with Crippen molar-refractivity contribution in [3.8, 4) is 0 Å². The maximum absolute atomic E-state index is 10.5. The van der Waals surface area contributed by atoms with Gasteiger partial charge in [0.05, 0.1) is 6.26 Å². The van der Waals surface area contributed by atoms with Gasteiger partial charge >= 0.3 is 5.97 Å². The molecular formula is C7H9NO3S. The Morgan fingerprint density at radius 2 is 2.58 bits per heavy atom. The van der Waals surface area contributed by atoms with Crippen molar-refractivity contribution in [3.63, 3.8) is 0 Å². The minimum Gasteiger partial charge on any atom is -0.480 e. The summed E-state index contributed by atoms with van der Waals surface area (Å²) in [5.74, 6) is -0.284. The van der Waals surface area contributed by atoms with Crippen molar-refractivity contribution in [2.24, 2.45) is 0 Å². The molecule has 0 aliphatic carbocycles. The summed E-state index contributed by atoms with van der Waals surface area (Å²) in [6, 6.07) is 2.62. The van der Waals surface area contributed by atoms with Gasteiger partial charge in [0.15, 0.2) is 5.88 Å². The second-order valence-corrected chi connectivity index (χ2v) is 2.56. The minimum atomic E-state index is -0.943. The second kappa shape index (κ2) is 4.06. The molecule has 2 N–H and O–H groups in total. The maximum atomic E-state index is 10.5. The Morgan fingerprint density at radius 1 is 1.83 bits per heavy atom. The average molecular weight is 187 g/mol. The number of nitrogens with one attached hydrogen (secondary N) is 1. The number of aliphatic carboxylic acids is 1. The number of rotatable bonds is 4. The Kier molecular flexibility index (Phi) is 3.04. The van der Waals surface area contributed by atoms with E-state index in [9.17, 15) is 4.79 Å². The van der Waals surface area contributed by atoms with Crippen molar-refractivity contribution in [1.29, 1.82) is 0 Å². The number of hydrogen-bond donors (Lipinski definition) is 3. The van der Waals surface area contributed by atoms with Crippen molar-refractivity contribution in [2.45, 2.75) is 6.04 Å². The highest BCUT2D eigenvalue weighted by molar-refractivity contribution is 7.80. The molecule has 1 aromatic rings. The first kappa shape index (κ1) is 8.99. The van der Waals surface area contributed by atoms with Gasteiger partial charge in [-0.25, -0.2) is 4.79 Å². The van der Waals surface area contributed by atoms with Crippen LogP contribution in [0.5, 0.6) is 0 Å². The van der Waals surface area contributed by atoms with E-state index in [1.807, 2.05) is 0 Å². The number of carboxylic acids is 1. The zero-order chi connectivity index (χ0) is 8.97. The lowest BCUT2D eigenvalue weighted by Crippen LogP contribution is -2.30. The Hall–Kier alpha value is -1.10. The molecule has 0 aliphatic rings. The lowest BCUT2D eigenvalue weighted by Gasteiger charge is -2.09. The third-order valence-corrected chi connectivity index (χ3v) is 1.68. The fourth-order valence-electron chi connectivity index (χ4n) is 0.718. The molecule has 0 aromatic carbocycles. The summed E-state index contributed by atoms with van der Waals surface area (Å²) in [5.41, 5.74) is 0. The Morgan fingerprint density at radius 3 is 3.00 bits per heavy atom. The fourth-order valence-corrected chi connectivity index (χ4v) is 0.965. The Bertz CT molecular complexity index is 247. The van der Waals surface area contributed by atoms with Crippen molar-refractivity contribution in [1.82, 2.24) is 0 Å². The van der Waals surface area contributed by atoms with Crippen LogP contribution in [0.3, 0.4) is 0 Å². The lowest BCUT2D eigenvalue weighted by atomic mass is 10.3. The molecule has 0 aliphatic heterocycles. The van der Waals surface area contributed by atoms with Crippen molar-refractivity contribution in [3.05, 3.63) is 18.4 Å². The summed E-state index contributed by atoms with van der Waals surface area (Å²) >= 11 is 3.88. The quantitative estimate of drug-likeness (QED) is 0.617. The van der Waals surface area contributed by atoms with Gasteiger partial charge in [-0.3, -0.25) is 0 Å². The van der Waals surface area contributed by atoms with Crippen LogP contribution in [-0.2, 0) is 4.79 Å². The van der Waals surface area contributed by atoms with E-state index >= 15 is 0 Å². The molecule has 1 heterocycles. The average Bonchev–Trinajstić information content (AvgIpc) is 2.51. The largest absolute Gasteiger partial charge is 0.480 e. The minimum absolute atomic E-state index is 0.218. The first-order chi connectivity index (χ1) is 5.74. The lowest BCUT2D eigenvalue weighted by molar-refractivity contribution is -0.137. The van der Waals surface area contributed by atoms with E-state index in [2.05, 4.69) is 17.9 Å². The molecule has 0 fully saturated rings. The van der Waals surface area contributed by atoms with Crippen LogP contribution in [0.15, 0.2) is 22.8 Å². The van der Waals surface area contributed by atoms with E-state index < -0.39 is 12.0 Å². The number of furan rings is 1. The van der Waals surface area contributed by atoms with Crippen LogP contribution in [0.4, 0.5) is 5.88 Å². The molecule has 0 saturated carbocycles. The van der Waals surface area contributed by atoms with Crippen LogP contribution in [0.1, 0.15) is 0 Å². The van der Waals surface area contributed by atoms with Crippen LogP contribution in [-0.4, -0.2) is 22.9 Å². The van der Waals surface area contributed by atoms with Crippen molar-refractivity contribution >= 4 is 24.5 Å². The third-order valence-electron chi connectivity index (χ3n) is 1.32. The molecule has 4 nitrogen and oxygen atoms in total. The third kappa shape index (κ3) is 2.20. The highest BCUT2D eigenvalue weighted by atomic mass is 32.1. The fraction of sp³-hybridized carbons (Fsp3) is 0.286. The summed E-state index contributed by atoms with van der Waals surface area (Å²) < 4.78 is 4.91. The smallest absolute Gasteiger partial charge is 0.327 e. The van der Waals surface area contributed by atoms with Crippen LogP contribution in [0.2, 0.25) is 0 Å². The molecular weight excluding hydrogens is 178 g/mol. The number of carbonyl (C=O) groups is 1. The molecule has 0 unspecified atom stereocenters. The SMILES string of the molecule is O=C(O)[C@H](CS)Nc1ccco1. The van der Waals surface area contributed by atoms with Gasteiger partial charge in [-0.05, 0) is 6.07 Å². The number of thiol groups is 1. The van der Waals surface area contributed by atoms with Crippen molar-refractivity contribution < 1.29 is 14.3 Å². The van der Waals surface area contributed by atoms with Gasteiger partial charge in [-0.15, -0.1) is 0 Å². The van der Waals surface area contributed by atoms with Crippen LogP contribution in [0.25, 0.3) is 0 Å². The first-order valence-electron chi connectivity index (χ1n) is 3.37. The van der Waals surface area contributed by atoms with Gasteiger partial charge in [0, 0.05) is 11.8 Å². The summed E-state index contributed by atoms with van der Waals surface area (Å²) in [5, 5.41) is 11.3. The molecule has 0 amide bonds. The highest BCUT2D eigenvalue weighted by Crippen LogP contribution is 2.08. The molecule has 1 rings (SSSR count). The second-order valence-electron chi connectivity index (χ2n) is 2.20. The van der Waals surface area contributed by atoms with Crippen LogP contribution in [0, 0.1) is 0 Å². The van der Waals surface area contributed by atoms with Gasteiger partial charge in [0.1, 0.15) is 6.04 Å². The Balaban J connectivity index is 2.54. The Labute approximate surface area is 75.0 Å². The molecule has 0 saturated heterocycles. The monoisotopic (exact) mass is 187 g/mol. The summed E-state index contributed by atoms with van der Waals surface area (Å²) in [6.07, 6.45) is 1.47. The molecule has 1 atom stereocenters. The van der Waals surface area contributed by atoms with E-state index in [-0.39, 0.29) is 5.75 Å². The predicted octanol–water partition coefficient (Wildman–Crippen LogP) is 1.07. The molecule has 1 aromatic heterocycles. The number of hydrogen-bond acceptors (Lipinski definition) is 4. The van der Waals surface area contributed by atoms with Gasteiger partial charge in [0.25, 0.3) is 0 Å². The van der Waals surface area contributed by atoms with Crippen molar-refractivity contribution in [2.75, 3.05) is 11.1 Å². The normalized spacial score (nSPS) is 12.4. The summed E-state index contributed by atoms with van der Waals surface area (Å²) in [4.78, 5) is 10.5. The zero-order valence-electron chi connectivity index (χ0n) is 6.23. The van der Waals surface area contributed by atoms with E-state index in [0.717, 1.165) is 0 Å². The summed E-state index contributed by atoms with van der Waals surface area (Å²) in [6.45, 7) is 0. The number of carboxylic acid groups (broad SMARTS) is 1. The first-order valence-corrected chi connectivity index (χ1v) is 4.01. The number of anilines is 1. The molecule has 0 radical (unpaired) electrons. The molecule has 66 valence electrons. The van der Waals surface area contributed by atoms with E-state index in [4.69, 9.17) is 9.52 Å². The molecule has 0 bridgehead atoms. The zero-order valence-corrected chi connectivity index (χ0v) is 7.12. The predicted molar refractivity (Wildman–Crippen MR) is 47.6 cm³/mol. The van der Waals surface area contributed by atoms with Gasteiger partial charge in [0.2, 0.25) is 0 Å². The van der Waals surface area contributed by atoms with Gasteiger partial charge < -0.3 is 14.8 Å². The molecule has 5 heteroatoms. The maximum Gasteiger partial charge on any atom is 0.327 e. The topological polar surface area (TPSA) is 62.5 Å². The summed E-state index contributed by atoms with van der Waals surface area (Å²) in [7, 11) is 0. The van der Waals surface area contributed by atoms with Gasteiger partial charge in [-0.2, -0.15) is 12.6 Å². The standard InChI is InChI=1S/C7H9NO3S/c9-7(10)5(4-12)8-6-2-1-3-11-6/h1-3,5,8,12H,4H2,(H,9,10)/t5-/m0/s1. The van der Waals surface area contributed by atoms with E-state index in [1.165, 1.54) is 6.26 Å². The van der Waals surface area contributed by atoms with E-state index in [1.54, 1.807) is 12.1 Å². The van der Waals surface area contributed by atoms with Crippen LogP contribution >= 0.6 is 12.6 Å². The molecule has 0 spiro atoms. The molecule has 12 heavy (non-hydrogen) atoms. The highest BCUT2D eigenvalue weighted by Gasteiger charge is 2.15. The van der Waals surface area contributed by atoms with Crippen LogP contribution < -0.4 is 5.32 Å². The van der Waals surface area contributed by atoms with Gasteiger partial charge in [-0.1, -0.05) is 0 Å². The van der Waals surface area contributed by atoms with E-state index in [0.29, 0.717) is 5.88 Å².